The van der Waals surface area contributed by atoms with Crippen LogP contribution in [-0.4, -0.2) is 29.9 Å². The van der Waals surface area contributed by atoms with Crippen molar-refractivity contribution >= 4 is 5.91 Å². The molecule has 0 radical (unpaired) electrons. The highest BCUT2D eigenvalue weighted by molar-refractivity contribution is 5.93. The summed E-state index contributed by atoms with van der Waals surface area (Å²) in [5, 5.41) is 0. The highest BCUT2D eigenvalue weighted by atomic mass is 16.3. The summed E-state index contributed by atoms with van der Waals surface area (Å²) in [5.74, 6) is 0.903. The molecule has 2 heterocycles. The van der Waals surface area contributed by atoms with Gasteiger partial charge in [0, 0.05) is 24.7 Å². The third-order valence-corrected chi connectivity index (χ3v) is 3.67. The van der Waals surface area contributed by atoms with Gasteiger partial charge in [-0.25, -0.2) is 0 Å². The van der Waals surface area contributed by atoms with Gasteiger partial charge in [-0.1, -0.05) is 6.92 Å². The van der Waals surface area contributed by atoms with Crippen LogP contribution in [0.5, 0.6) is 0 Å². The summed E-state index contributed by atoms with van der Waals surface area (Å²) in [6, 6.07) is 1.96. The molecule has 0 saturated carbocycles. The van der Waals surface area contributed by atoms with Crippen LogP contribution in [0.4, 0.5) is 0 Å². The number of rotatable bonds is 2. The van der Waals surface area contributed by atoms with Crippen molar-refractivity contribution in [3.05, 3.63) is 23.7 Å². The molecule has 4 heteroatoms. The maximum atomic E-state index is 12.4. The van der Waals surface area contributed by atoms with Crippen molar-refractivity contribution in [2.24, 2.45) is 11.7 Å². The Labute approximate surface area is 102 Å². The molecule has 1 fully saturated rings. The molecule has 1 saturated heterocycles. The van der Waals surface area contributed by atoms with Crippen LogP contribution < -0.4 is 5.73 Å². The van der Waals surface area contributed by atoms with Crippen molar-refractivity contribution in [3.63, 3.8) is 0 Å². The van der Waals surface area contributed by atoms with Crippen LogP contribution in [0.25, 0.3) is 0 Å². The van der Waals surface area contributed by atoms with Gasteiger partial charge in [0.25, 0.3) is 5.91 Å². The highest BCUT2D eigenvalue weighted by Crippen LogP contribution is 2.25. The molecule has 1 amide bonds. The lowest BCUT2D eigenvalue weighted by molar-refractivity contribution is 0.0500. The predicted octanol–water partition coefficient (Wildman–Crippen LogP) is 1.79. The van der Waals surface area contributed by atoms with Gasteiger partial charge in [0.15, 0.2) is 5.76 Å². The normalized spacial score (nSPS) is 25.0. The van der Waals surface area contributed by atoms with E-state index in [2.05, 4.69) is 6.92 Å². The zero-order chi connectivity index (χ0) is 12.4. The van der Waals surface area contributed by atoms with Crippen molar-refractivity contribution in [2.45, 2.75) is 32.7 Å². The monoisotopic (exact) mass is 236 g/mol. The number of nitrogens with two attached hydrogens (primary N) is 1. The lowest BCUT2D eigenvalue weighted by Crippen LogP contribution is -2.51. The van der Waals surface area contributed by atoms with Crippen molar-refractivity contribution < 1.29 is 9.21 Å². The molecule has 0 aliphatic carbocycles. The average Bonchev–Trinajstić information content (AvgIpc) is 2.74. The molecule has 0 aromatic carbocycles. The molecule has 2 atom stereocenters. The molecule has 0 spiro atoms. The van der Waals surface area contributed by atoms with Crippen LogP contribution in [0.15, 0.2) is 16.7 Å². The summed E-state index contributed by atoms with van der Waals surface area (Å²) in [7, 11) is 0. The largest absolute Gasteiger partial charge is 0.459 e. The zero-order valence-electron chi connectivity index (χ0n) is 10.5. The van der Waals surface area contributed by atoms with E-state index in [1.54, 1.807) is 6.26 Å². The molecule has 4 nitrogen and oxygen atoms in total. The Bertz CT molecular complexity index is 400. The molecule has 1 aromatic rings. The van der Waals surface area contributed by atoms with Gasteiger partial charge in [-0.2, -0.15) is 0 Å². The van der Waals surface area contributed by atoms with Crippen molar-refractivity contribution in [2.75, 3.05) is 13.1 Å². The van der Waals surface area contributed by atoms with Crippen molar-refractivity contribution in [1.82, 2.24) is 4.90 Å². The second-order valence-electron chi connectivity index (χ2n) is 4.85. The molecule has 2 rings (SSSR count). The number of nitrogens with zero attached hydrogens (tertiary/aromatic N) is 1. The molecule has 2 N–H and O–H groups in total. The first kappa shape index (κ1) is 12.2. The van der Waals surface area contributed by atoms with Crippen LogP contribution in [0.3, 0.4) is 0 Å². The van der Waals surface area contributed by atoms with E-state index in [4.69, 9.17) is 10.2 Å². The fraction of sp³-hybridized carbons (Fsp3) is 0.615. The van der Waals surface area contributed by atoms with E-state index in [9.17, 15) is 4.79 Å². The second kappa shape index (κ2) is 4.92. The quantitative estimate of drug-likeness (QED) is 0.851. The van der Waals surface area contributed by atoms with Gasteiger partial charge in [0.1, 0.15) is 0 Å². The van der Waals surface area contributed by atoms with Crippen molar-refractivity contribution in [1.29, 1.82) is 0 Å². The first-order chi connectivity index (χ1) is 8.15. The van der Waals surface area contributed by atoms with E-state index in [1.807, 2.05) is 17.9 Å². The third kappa shape index (κ3) is 2.22. The average molecular weight is 236 g/mol. The Morgan fingerprint density at radius 1 is 1.65 bits per heavy atom. The van der Waals surface area contributed by atoms with E-state index in [1.165, 1.54) is 0 Å². The topological polar surface area (TPSA) is 59.5 Å². The molecule has 0 bridgehead atoms. The van der Waals surface area contributed by atoms with E-state index < -0.39 is 0 Å². The van der Waals surface area contributed by atoms with Gasteiger partial charge in [0.05, 0.1) is 6.26 Å². The van der Waals surface area contributed by atoms with Crippen LogP contribution in [-0.2, 0) is 0 Å². The maximum absolute atomic E-state index is 12.4. The fourth-order valence-electron chi connectivity index (χ4n) is 2.58. The number of piperidine rings is 1. The minimum atomic E-state index is -0.0190. The minimum absolute atomic E-state index is 0.0190. The number of hydrogen-bond donors (Lipinski definition) is 1. The minimum Gasteiger partial charge on any atom is -0.459 e. The van der Waals surface area contributed by atoms with E-state index in [-0.39, 0.29) is 11.9 Å². The van der Waals surface area contributed by atoms with E-state index in [0.717, 1.165) is 24.9 Å². The molecule has 1 aromatic heterocycles. The summed E-state index contributed by atoms with van der Waals surface area (Å²) in [4.78, 5) is 14.2. The van der Waals surface area contributed by atoms with Gasteiger partial charge in [-0.15, -0.1) is 0 Å². The van der Waals surface area contributed by atoms with Gasteiger partial charge in [-0.05, 0) is 31.7 Å². The molecular formula is C13H20N2O2. The van der Waals surface area contributed by atoms with Gasteiger partial charge in [-0.3, -0.25) is 4.79 Å². The lowest BCUT2D eigenvalue weighted by atomic mass is 9.90. The first-order valence-corrected chi connectivity index (χ1v) is 6.20. The molecule has 17 heavy (non-hydrogen) atoms. The summed E-state index contributed by atoms with van der Waals surface area (Å²) >= 11 is 0. The highest BCUT2D eigenvalue weighted by Gasteiger charge is 2.32. The van der Waals surface area contributed by atoms with Crippen molar-refractivity contribution in [3.8, 4) is 0 Å². The molecule has 1 aliphatic rings. The van der Waals surface area contributed by atoms with E-state index >= 15 is 0 Å². The Hall–Kier alpha value is -1.29. The lowest BCUT2D eigenvalue weighted by Gasteiger charge is -2.39. The molecule has 94 valence electrons. The Kier molecular flexibility index (Phi) is 3.52. The molecular weight excluding hydrogens is 216 g/mol. The summed E-state index contributed by atoms with van der Waals surface area (Å²) in [6.07, 6.45) is 3.75. The van der Waals surface area contributed by atoms with Crippen LogP contribution in [0.2, 0.25) is 0 Å². The van der Waals surface area contributed by atoms with Gasteiger partial charge < -0.3 is 15.1 Å². The first-order valence-electron chi connectivity index (χ1n) is 6.20. The van der Waals surface area contributed by atoms with Crippen LogP contribution >= 0.6 is 0 Å². The number of aryl methyl sites for hydroxylation is 1. The summed E-state index contributed by atoms with van der Waals surface area (Å²) in [5.41, 5.74) is 6.68. The standard InChI is InChI=1S/C13H20N2O2/c1-9-4-3-6-15(11(9)8-14)13(16)12-10(2)5-7-17-12/h5,7,9,11H,3-4,6,8,14H2,1-2H3. The van der Waals surface area contributed by atoms with Gasteiger partial charge >= 0.3 is 0 Å². The predicted molar refractivity (Wildman–Crippen MR) is 65.7 cm³/mol. The van der Waals surface area contributed by atoms with Crippen LogP contribution in [0, 0.1) is 12.8 Å². The molecule has 1 aliphatic heterocycles. The number of carbonyl (C=O) groups is 1. The molecule has 2 unspecified atom stereocenters. The number of likely N-dealkylation sites (tertiary alicyclic amines) is 1. The smallest absolute Gasteiger partial charge is 0.290 e. The maximum Gasteiger partial charge on any atom is 0.290 e. The zero-order valence-corrected chi connectivity index (χ0v) is 10.5. The summed E-state index contributed by atoms with van der Waals surface area (Å²) in [6.45, 7) is 5.35. The Morgan fingerprint density at radius 2 is 2.41 bits per heavy atom. The van der Waals surface area contributed by atoms with Gasteiger partial charge in [0.2, 0.25) is 0 Å². The van der Waals surface area contributed by atoms with E-state index in [0.29, 0.717) is 18.2 Å². The number of amides is 1. The fourth-order valence-corrected chi connectivity index (χ4v) is 2.58. The SMILES string of the molecule is Cc1ccoc1C(=O)N1CCCC(C)C1CN. The van der Waals surface area contributed by atoms with Crippen LogP contribution in [0.1, 0.15) is 35.9 Å². The second-order valence-corrected chi connectivity index (χ2v) is 4.85. The number of carbonyl (C=O) groups excluding carboxylic acids is 1. The Morgan fingerprint density at radius 3 is 3.00 bits per heavy atom. The summed E-state index contributed by atoms with van der Waals surface area (Å²) < 4.78 is 5.28. The Balaban J connectivity index is 2.21. The number of hydrogen-bond acceptors (Lipinski definition) is 3. The number of furan rings is 1. The third-order valence-electron chi connectivity index (χ3n) is 3.67.